The zero-order valence-corrected chi connectivity index (χ0v) is 11.6. The lowest BCUT2D eigenvalue weighted by Gasteiger charge is -2.32. The van der Waals surface area contributed by atoms with Gasteiger partial charge in [-0.2, -0.15) is 0 Å². The van der Waals surface area contributed by atoms with Gasteiger partial charge in [0.2, 0.25) is 0 Å². The van der Waals surface area contributed by atoms with Gasteiger partial charge in [-0.05, 0) is 30.7 Å². The highest BCUT2D eigenvalue weighted by Gasteiger charge is 2.24. The average Bonchev–Trinajstić information content (AvgIpc) is 2.39. The summed E-state index contributed by atoms with van der Waals surface area (Å²) in [6, 6.07) is 7.25. The fourth-order valence-electron chi connectivity index (χ4n) is 2.91. The van der Waals surface area contributed by atoms with Gasteiger partial charge < -0.3 is 5.32 Å². The minimum absolute atomic E-state index is 0.154. The van der Waals surface area contributed by atoms with Crippen LogP contribution in [-0.4, -0.2) is 11.0 Å². The fraction of sp³-hybridized carbons (Fsp3) is 0.600. The number of rotatable bonds is 4. The van der Waals surface area contributed by atoms with Crippen LogP contribution in [0.1, 0.15) is 39.5 Å². The number of nitrogens with zero attached hydrogens (tertiary/aromatic N) is 1. The van der Waals surface area contributed by atoms with E-state index in [-0.39, 0.29) is 10.6 Å². The highest BCUT2D eigenvalue weighted by atomic mass is 16.6. The summed E-state index contributed by atoms with van der Waals surface area (Å²) in [5.41, 5.74) is 1.02. The van der Waals surface area contributed by atoms with Gasteiger partial charge >= 0.3 is 0 Å². The molecular formula is C15H22N2O2. The molecule has 0 heterocycles. The summed E-state index contributed by atoms with van der Waals surface area (Å²) in [5, 5.41) is 14.2. The van der Waals surface area contributed by atoms with Gasteiger partial charge in [0.25, 0.3) is 5.69 Å². The quantitative estimate of drug-likeness (QED) is 0.653. The molecule has 1 saturated carbocycles. The van der Waals surface area contributed by atoms with E-state index in [1.807, 2.05) is 6.07 Å². The maximum atomic E-state index is 10.8. The third kappa shape index (κ3) is 3.69. The van der Waals surface area contributed by atoms with Gasteiger partial charge in [-0.15, -0.1) is 0 Å². The molecule has 0 radical (unpaired) electrons. The molecule has 1 N–H and O–H groups in total. The predicted octanol–water partition coefficient (Wildman–Crippen LogP) is 4.22. The molecule has 1 aliphatic carbocycles. The lowest BCUT2D eigenvalue weighted by Crippen LogP contribution is -2.29. The molecule has 1 aromatic carbocycles. The predicted molar refractivity (Wildman–Crippen MR) is 77.3 cm³/mol. The Balaban J connectivity index is 2.00. The summed E-state index contributed by atoms with van der Waals surface area (Å²) < 4.78 is 0. The van der Waals surface area contributed by atoms with Crippen LogP contribution < -0.4 is 5.32 Å². The Morgan fingerprint density at radius 1 is 1.37 bits per heavy atom. The van der Waals surface area contributed by atoms with Crippen LogP contribution in [0, 0.1) is 22.0 Å². The van der Waals surface area contributed by atoms with Crippen molar-refractivity contribution in [3.63, 3.8) is 0 Å². The largest absolute Gasteiger partial charge is 0.382 e. The maximum absolute atomic E-state index is 10.8. The zero-order chi connectivity index (χ0) is 13.8. The van der Waals surface area contributed by atoms with Crippen molar-refractivity contribution in [3.05, 3.63) is 34.4 Å². The first kappa shape index (κ1) is 13.8. The summed E-state index contributed by atoms with van der Waals surface area (Å²) >= 11 is 0. The molecule has 0 amide bonds. The first-order chi connectivity index (χ1) is 9.06. The number of benzene rings is 1. The van der Waals surface area contributed by atoms with E-state index in [9.17, 15) is 10.1 Å². The molecule has 4 nitrogen and oxygen atoms in total. The number of nitro benzene ring substituents is 1. The highest BCUT2D eigenvalue weighted by molar-refractivity contribution is 5.51. The Morgan fingerprint density at radius 2 is 2.16 bits per heavy atom. The fourth-order valence-corrected chi connectivity index (χ4v) is 2.91. The molecule has 1 aromatic rings. The van der Waals surface area contributed by atoms with Crippen molar-refractivity contribution < 1.29 is 4.92 Å². The molecule has 0 spiro atoms. The van der Waals surface area contributed by atoms with Crippen LogP contribution in [0.4, 0.5) is 11.4 Å². The average molecular weight is 262 g/mol. The van der Waals surface area contributed by atoms with E-state index in [2.05, 4.69) is 19.2 Å². The SMILES string of the molecule is CC(C)C1CCCC(Nc2cccc([N+](=O)[O-])c2)C1. The Hall–Kier alpha value is -1.58. The molecular weight excluding hydrogens is 240 g/mol. The Morgan fingerprint density at radius 3 is 2.84 bits per heavy atom. The van der Waals surface area contributed by atoms with Gasteiger partial charge in [0, 0.05) is 23.9 Å². The van der Waals surface area contributed by atoms with E-state index < -0.39 is 0 Å². The van der Waals surface area contributed by atoms with Gasteiger partial charge in [-0.25, -0.2) is 0 Å². The number of hydrogen-bond donors (Lipinski definition) is 1. The summed E-state index contributed by atoms with van der Waals surface area (Å²) in [6.07, 6.45) is 4.88. The first-order valence-corrected chi connectivity index (χ1v) is 7.07. The van der Waals surface area contributed by atoms with Crippen LogP contribution in [0.15, 0.2) is 24.3 Å². The van der Waals surface area contributed by atoms with Crippen LogP contribution in [0.2, 0.25) is 0 Å². The third-order valence-electron chi connectivity index (χ3n) is 4.09. The van der Waals surface area contributed by atoms with E-state index in [0.29, 0.717) is 6.04 Å². The lowest BCUT2D eigenvalue weighted by molar-refractivity contribution is -0.384. The Bertz CT molecular complexity index is 446. The van der Waals surface area contributed by atoms with Gasteiger partial charge in [0.1, 0.15) is 0 Å². The number of anilines is 1. The van der Waals surface area contributed by atoms with Crippen molar-refractivity contribution in [2.45, 2.75) is 45.6 Å². The van der Waals surface area contributed by atoms with Gasteiger partial charge in [0.05, 0.1) is 4.92 Å². The third-order valence-corrected chi connectivity index (χ3v) is 4.09. The van der Waals surface area contributed by atoms with Crippen LogP contribution in [0.25, 0.3) is 0 Å². The second-order valence-electron chi connectivity index (χ2n) is 5.82. The molecule has 0 aromatic heterocycles. The van der Waals surface area contributed by atoms with E-state index in [0.717, 1.165) is 23.9 Å². The van der Waals surface area contributed by atoms with Crippen LogP contribution in [0.5, 0.6) is 0 Å². The molecule has 0 aliphatic heterocycles. The minimum Gasteiger partial charge on any atom is -0.382 e. The van der Waals surface area contributed by atoms with Gasteiger partial charge in [-0.3, -0.25) is 10.1 Å². The molecule has 2 rings (SSSR count). The number of nitro groups is 1. The molecule has 1 aliphatic rings. The molecule has 4 heteroatoms. The highest BCUT2D eigenvalue weighted by Crippen LogP contribution is 2.31. The van der Waals surface area contributed by atoms with Gasteiger partial charge in [-0.1, -0.05) is 32.8 Å². The van der Waals surface area contributed by atoms with E-state index in [1.54, 1.807) is 12.1 Å². The zero-order valence-electron chi connectivity index (χ0n) is 11.6. The van der Waals surface area contributed by atoms with Crippen molar-refractivity contribution in [2.75, 3.05) is 5.32 Å². The van der Waals surface area contributed by atoms with Crippen molar-refractivity contribution in [2.24, 2.45) is 11.8 Å². The van der Waals surface area contributed by atoms with Gasteiger partial charge in [0.15, 0.2) is 0 Å². The van der Waals surface area contributed by atoms with E-state index >= 15 is 0 Å². The molecule has 2 atom stereocenters. The maximum Gasteiger partial charge on any atom is 0.271 e. The molecule has 2 unspecified atom stereocenters. The smallest absolute Gasteiger partial charge is 0.271 e. The summed E-state index contributed by atoms with van der Waals surface area (Å²) in [6.45, 7) is 4.56. The van der Waals surface area contributed by atoms with Crippen molar-refractivity contribution in [1.82, 2.24) is 0 Å². The summed E-state index contributed by atoms with van der Waals surface area (Å²) in [4.78, 5) is 10.4. The topological polar surface area (TPSA) is 55.2 Å². The van der Waals surface area contributed by atoms with Crippen molar-refractivity contribution in [3.8, 4) is 0 Å². The molecule has 0 bridgehead atoms. The number of non-ortho nitro benzene ring substituents is 1. The van der Waals surface area contributed by atoms with Crippen LogP contribution in [-0.2, 0) is 0 Å². The standard InChI is InChI=1S/C15H22N2O2/c1-11(2)12-5-3-6-13(9-12)16-14-7-4-8-15(10-14)17(18)19/h4,7-8,10-13,16H,3,5-6,9H2,1-2H3. The second-order valence-corrected chi connectivity index (χ2v) is 5.82. The monoisotopic (exact) mass is 262 g/mol. The first-order valence-electron chi connectivity index (χ1n) is 7.07. The van der Waals surface area contributed by atoms with E-state index in [1.165, 1.54) is 25.3 Å². The van der Waals surface area contributed by atoms with Crippen LogP contribution in [0.3, 0.4) is 0 Å². The Kier molecular flexibility index (Phi) is 4.40. The number of hydrogen-bond acceptors (Lipinski definition) is 3. The van der Waals surface area contributed by atoms with Crippen molar-refractivity contribution in [1.29, 1.82) is 0 Å². The lowest BCUT2D eigenvalue weighted by atomic mass is 9.79. The van der Waals surface area contributed by atoms with Crippen molar-refractivity contribution >= 4 is 11.4 Å². The normalized spacial score (nSPS) is 23.3. The molecule has 104 valence electrons. The van der Waals surface area contributed by atoms with Crippen LogP contribution >= 0.6 is 0 Å². The number of nitrogens with one attached hydrogen (secondary N) is 1. The second kappa shape index (κ2) is 6.04. The summed E-state index contributed by atoms with van der Waals surface area (Å²) in [5.74, 6) is 1.49. The Labute approximate surface area is 114 Å². The molecule has 1 fully saturated rings. The molecule has 19 heavy (non-hydrogen) atoms. The van der Waals surface area contributed by atoms with E-state index in [4.69, 9.17) is 0 Å². The molecule has 0 saturated heterocycles. The minimum atomic E-state index is -0.344. The summed E-state index contributed by atoms with van der Waals surface area (Å²) in [7, 11) is 0.